The Balaban J connectivity index is 2.61. The van der Waals surface area contributed by atoms with Crippen molar-refractivity contribution in [3.05, 3.63) is 11.8 Å². The minimum Gasteiger partial charge on any atom is -0.287 e. The van der Waals surface area contributed by atoms with Gasteiger partial charge in [0, 0.05) is 17.5 Å². The zero-order chi connectivity index (χ0) is 12.2. The predicted octanol–water partition coefficient (Wildman–Crippen LogP) is 2.77. The Bertz CT molecular complexity index is 347. The molecule has 0 bridgehead atoms. The molecule has 0 saturated heterocycles. The first-order valence-corrected chi connectivity index (χ1v) is 7.82. The van der Waals surface area contributed by atoms with Gasteiger partial charge in [0.05, 0.1) is 5.25 Å². The lowest BCUT2D eigenvalue weighted by molar-refractivity contribution is 0.584. The lowest BCUT2D eigenvalue weighted by atomic mass is 10.2. The Hall–Kier alpha value is -0.220. The molecule has 16 heavy (non-hydrogen) atoms. The van der Waals surface area contributed by atoms with Crippen LogP contribution >= 0.6 is 11.6 Å². The van der Waals surface area contributed by atoms with Gasteiger partial charge >= 0.3 is 0 Å². The Morgan fingerprint density at radius 3 is 2.56 bits per heavy atom. The van der Waals surface area contributed by atoms with Crippen LogP contribution in [0.1, 0.15) is 46.0 Å². The van der Waals surface area contributed by atoms with Crippen LogP contribution in [0.15, 0.2) is 11.8 Å². The van der Waals surface area contributed by atoms with Crippen LogP contribution < -0.4 is 4.72 Å². The molecule has 0 spiro atoms. The zero-order valence-corrected chi connectivity index (χ0v) is 11.4. The molecule has 1 atom stereocenters. The van der Waals surface area contributed by atoms with Gasteiger partial charge in [-0.25, -0.2) is 8.42 Å². The van der Waals surface area contributed by atoms with Gasteiger partial charge in [-0.3, -0.25) is 4.72 Å². The third-order valence-electron chi connectivity index (χ3n) is 2.57. The molecule has 0 heterocycles. The van der Waals surface area contributed by atoms with Crippen LogP contribution in [0, 0.1) is 0 Å². The maximum atomic E-state index is 11.8. The molecule has 1 fully saturated rings. The molecule has 1 aliphatic rings. The van der Waals surface area contributed by atoms with Gasteiger partial charge in [-0.05, 0) is 25.7 Å². The van der Waals surface area contributed by atoms with Crippen molar-refractivity contribution in [2.75, 3.05) is 0 Å². The molecule has 5 heteroatoms. The first kappa shape index (κ1) is 13.8. The molecule has 0 aliphatic heterocycles. The zero-order valence-electron chi connectivity index (χ0n) is 9.87. The third-order valence-corrected chi connectivity index (χ3v) is 4.93. The highest BCUT2D eigenvalue weighted by Gasteiger charge is 2.36. The molecule has 0 radical (unpaired) electrons. The highest BCUT2D eigenvalue weighted by atomic mass is 35.5. The number of allylic oxidation sites excluding steroid dienone is 2. The Kier molecular flexibility index (Phi) is 5.12. The molecule has 3 nitrogen and oxygen atoms in total. The summed E-state index contributed by atoms with van der Waals surface area (Å²) in [7, 11) is -3.14. The van der Waals surface area contributed by atoms with E-state index in [0.29, 0.717) is 6.42 Å². The van der Waals surface area contributed by atoms with E-state index in [1.807, 2.05) is 19.9 Å². The normalized spacial score (nSPS) is 19.6. The van der Waals surface area contributed by atoms with Gasteiger partial charge < -0.3 is 0 Å². The summed E-state index contributed by atoms with van der Waals surface area (Å²) in [5, 5.41) is -0.178. The summed E-state index contributed by atoms with van der Waals surface area (Å²) in [6, 6.07) is 0. The first-order valence-electron chi connectivity index (χ1n) is 5.84. The molecule has 0 aromatic carbocycles. The topological polar surface area (TPSA) is 46.2 Å². The minimum absolute atomic E-state index is 0.000275. The number of nitrogens with one attached hydrogen (secondary N) is 1. The summed E-state index contributed by atoms with van der Waals surface area (Å²) < 4.78 is 26.2. The third kappa shape index (κ3) is 4.34. The van der Waals surface area contributed by atoms with E-state index in [1.165, 1.54) is 0 Å². The van der Waals surface area contributed by atoms with Crippen molar-refractivity contribution in [3.8, 4) is 0 Å². The van der Waals surface area contributed by atoms with Crippen LogP contribution in [0.5, 0.6) is 0 Å². The SMILES string of the molecule is CC/C=C(\CC(Cl)CC)NS(=O)(=O)C1CC1. The number of alkyl halides is 1. The molecule has 94 valence electrons. The van der Waals surface area contributed by atoms with Crippen LogP contribution in [-0.2, 0) is 10.0 Å². The molecule has 1 saturated carbocycles. The summed E-state index contributed by atoms with van der Waals surface area (Å²) in [5.74, 6) is 0. The molecular weight excluding hydrogens is 246 g/mol. The molecule has 1 N–H and O–H groups in total. The smallest absolute Gasteiger partial charge is 0.235 e. The number of sulfonamides is 1. The Morgan fingerprint density at radius 1 is 1.50 bits per heavy atom. The number of hydrogen-bond acceptors (Lipinski definition) is 2. The molecule has 0 aromatic heterocycles. The lowest BCUT2D eigenvalue weighted by Gasteiger charge is -2.13. The van der Waals surface area contributed by atoms with E-state index in [1.54, 1.807) is 0 Å². The molecule has 1 rings (SSSR count). The van der Waals surface area contributed by atoms with E-state index in [0.717, 1.165) is 31.4 Å². The fourth-order valence-corrected chi connectivity index (χ4v) is 3.06. The van der Waals surface area contributed by atoms with Crippen molar-refractivity contribution in [3.63, 3.8) is 0 Å². The van der Waals surface area contributed by atoms with Crippen molar-refractivity contribution in [1.29, 1.82) is 0 Å². The van der Waals surface area contributed by atoms with Crippen LogP contribution in [0.3, 0.4) is 0 Å². The van der Waals surface area contributed by atoms with Crippen molar-refractivity contribution < 1.29 is 8.42 Å². The quantitative estimate of drug-likeness (QED) is 0.720. The second kappa shape index (κ2) is 5.92. The van der Waals surface area contributed by atoms with Crippen LogP contribution in [-0.4, -0.2) is 19.0 Å². The average molecular weight is 266 g/mol. The highest BCUT2D eigenvalue weighted by Crippen LogP contribution is 2.28. The van der Waals surface area contributed by atoms with Gasteiger partial charge in [0.15, 0.2) is 0 Å². The van der Waals surface area contributed by atoms with Crippen LogP contribution in [0.2, 0.25) is 0 Å². The van der Waals surface area contributed by atoms with Gasteiger partial charge in [-0.1, -0.05) is 19.9 Å². The standard InChI is InChI=1S/C11H20ClNO2S/c1-3-5-10(8-9(12)4-2)13-16(14,15)11-6-7-11/h5,9,11,13H,3-4,6-8H2,1-2H3/b10-5+. The highest BCUT2D eigenvalue weighted by molar-refractivity contribution is 7.90. The maximum absolute atomic E-state index is 11.8. The summed E-state index contributed by atoms with van der Waals surface area (Å²) in [6.07, 6.45) is 5.73. The predicted molar refractivity (Wildman–Crippen MR) is 68.0 cm³/mol. The van der Waals surface area contributed by atoms with E-state index < -0.39 is 10.0 Å². The van der Waals surface area contributed by atoms with E-state index >= 15 is 0 Å². The molecule has 1 aliphatic carbocycles. The fraction of sp³-hybridized carbons (Fsp3) is 0.818. The average Bonchev–Trinajstić information content (AvgIpc) is 3.00. The van der Waals surface area contributed by atoms with E-state index in [2.05, 4.69) is 4.72 Å². The van der Waals surface area contributed by atoms with Crippen LogP contribution in [0.25, 0.3) is 0 Å². The first-order chi connectivity index (χ1) is 7.49. The largest absolute Gasteiger partial charge is 0.287 e. The number of hydrogen-bond donors (Lipinski definition) is 1. The van der Waals surface area contributed by atoms with E-state index in [-0.39, 0.29) is 10.6 Å². The fourth-order valence-electron chi connectivity index (χ4n) is 1.44. The van der Waals surface area contributed by atoms with Crippen molar-refractivity contribution >= 4 is 21.6 Å². The van der Waals surface area contributed by atoms with Crippen LogP contribution in [0.4, 0.5) is 0 Å². The van der Waals surface area contributed by atoms with Gasteiger partial charge in [0.25, 0.3) is 0 Å². The molecular formula is C11H20ClNO2S. The monoisotopic (exact) mass is 265 g/mol. The molecule has 1 unspecified atom stereocenters. The number of rotatable bonds is 7. The van der Waals surface area contributed by atoms with Gasteiger partial charge in [0.1, 0.15) is 0 Å². The van der Waals surface area contributed by atoms with Gasteiger partial charge in [-0.2, -0.15) is 0 Å². The second-order valence-electron chi connectivity index (χ2n) is 4.19. The summed E-state index contributed by atoms with van der Waals surface area (Å²) in [6.45, 7) is 3.98. The Labute approximate surface area is 103 Å². The number of halogens is 1. The van der Waals surface area contributed by atoms with E-state index in [9.17, 15) is 8.42 Å². The minimum atomic E-state index is -3.14. The van der Waals surface area contributed by atoms with Gasteiger partial charge in [0.2, 0.25) is 10.0 Å². The lowest BCUT2D eigenvalue weighted by Crippen LogP contribution is -2.27. The maximum Gasteiger partial charge on any atom is 0.235 e. The summed E-state index contributed by atoms with van der Waals surface area (Å²) in [5.41, 5.74) is 0.747. The second-order valence-corrected chi connectivity index (χ2v) is 6.77. The summed E-state index contributed by atoms with van der Waals surface area (Å²) >= 11 is 6.04. The van der Waals surface area contributed by atoms with Gasteiger partial charge in [-0.15, -0.1) is 11.6 Å². The molecule has 0 amide bonds. The van der Waals surface area contributed by atoms with Crippen molar-refractivity contribution in [2.45, 2.75) is 56.6 Å². The Morgan fingerprint density at radius 2 is 2.12 bits per heavy atom. The molecule has 0 aromatic rings. The van der Waals surface area contributed by atoms with E-state index in [4.69, 9.17) is 11.6 Å². The van der Waals surface area contributed by atoms with Crippen molar-refractivity contribution in [1.82, 2.24) is 4.72 Å². The van der Waals surface area contributed by atoms with Crippen molar-refractivity contribution in [2.24, 2.45) is 0 Å². The summed E-state index contributed by atoms with van der Waals surface area (Å²) in [4.78, 5) is 0.